The summed E-state index contributed by atoms with van der Waals surface area (Å²) < 4.78 is 64.5. The summed E-state index contributed by atoms with van der Waals surface area (Å²) in [5, 5.41) is 21.4. The van der Waals surface area contributed by atoms with E-state index in [9.17, 15) is 37.4 Å². The van der Waals surface area contributed by atoms with Gasteiger partial charge in [0.05, 0.1) is 19.2 Å². The predicted molar refractivity (Wildman–Crippen MR) is 102 cm³/mol. The van der Waals surface area contributed by atoms with Crippen LogP contribution in [0.3, 0.4) is 0 Å². The molecule has 1 unspecified atom stereocenters. The molecule has 1 saturated heterocycles. The first-order valence-electron chi connectivity index (χ1n) is 8.35. The van der Waals surface area contributed by atoms with Crippen LogP contribution in [0, 0.1) is 0 Å². The van der Waals surface area contributed by atoms with Crippen LogP contribution < -0.4 is 11.3 Å². The number of phosphoric acid groups is 2. The Balaban J connectivity index is 1.99. The van der Waals surface area contributed by atoms with Crippen molar-refractivity contribution < 1.29 is 60.2 Å². The number of phosphoric ester groups is 1. The Morgan fingerprint density at radius 2 is 2.00 bits per heavy atom. The lowest BCUT2D eigenvalue weighted by Crippen LogP contribution is -2.52. The fourth-order valence-corrected chi connectivity index (χ4v) is 5.18. The van der Waals surface area contributed by atoms with Crippen molar-refractivity contribution in [3.63, 3.8) is 0 Å². The molecule has 22 heteroatoms. The second kappa shape index (κ2) is 8.45. The molecule has 19 nitrogen and oxygen atoms in total. The maximum atomic E-state index is 12.0. The highest BCUT2D eigenvalue weighted by atomic mass is 32.2. The number of hydrogen-bond donors (Lipinski definition) is 7. The lowest BCUT2D eigenvalue weighted by atomic mass is 10.1. The van der Waals surface area contributed by atoms with Crippen LogP contribution in [0.2, 0.25) is 0 Å². The Morgan fingerprint density at radius 3 is 2.58 bits per heavy atom. The van der Waals surface area contributed by atoms with Crippen molar-refractivity contribution in [2.75, 3.05) is 18.6 Å². The number of aromatic amines is 1. The van der Waals surface area contributed by atoms with Crippen molar-refractivity contribution in [2.45, 2.75) is 24.2 Å². The lowest BCUT2D eigenvalue weighted by Gasteiger charge is -2.29. The average Bonchev–Trinajstić information content (AvgIpc) is 3.10. The first kappa shape index (κ1) is 25.8. The molecule has 186 valence electrons. The number of anilines is 1. The zero-order valence-corrected chi connectivity index (χ0v) is 18.8. The molecule has 0 radical (unpaired) electrons. The third-order valence-corrected chi connectivity index (χ3v) is 6.79. The Bertz CT molecular complexity index is 1320. The van der Waals surface area contributed by atoms with E-state index >= 15 is 0 Å². The number of nitrogens with two attached hydrogens (primary N) is 1. The lowest BCUT2D eigenvalue weighted by molar-refractivity contribution is -0.212. The highest BCUT2D eigenvalue weighted by Crippen LogP contribution is 2.58. The van der Waals surface area contributed by atoms with Crippen molar-refractivity contribution >= 4 is 42.9 Å². The van der Waals surface area contributed by atoms with Crippen LogP contribution in [0.15, 0.2) is 11.1 Å². The zero-order chi connectivity index (χ0) is 25.0. The first-order valence-corrected chi connectivity index (χ1v) is 13.2. The van der Waals surface area contributed by atoms with Crippen LogP contribution in [-0.2, 0) is 37.0 Å². The minimum Gasteiger partial charge on any atom is -0.383 e. The fourth-order valence-electron chi connectivity index (χ4n) is 2.91. The van der Waals surface area contributed by atoms with Gasteiger partial charge in [-0.1, -0.05) is 0 Å². The van der Waals surface area contributed by atoms with Crippen molar-refractivity contribution in [3.8, 4) is 0 Å². The molecular weight excluding hydrogens is 520 g/mol. The van der Waals surface area contributed by atoms with Crippen molar-refractivity contribution in [1.82, 2.24) is 19.5 Å². The predicted octanol–water partition coefficient (Wildman–Crippen LogP) is -3.15. The quantitative estimate of drug-likeness (QED) is 0.0993. The highest BCUT2D eigenvalue weighted by Gasteiger charge is 2.60. The molecule has 33 heavy (non-hydrogen) atoms. The van der Waals surface area contributed by atoms with Crippen LogP contribution >= 0.6 is 15.6 Å². The van der Waals surface area contributed by atoms with Crippen molar-refractivity contribution in [1.29, 1.82) is 0 Å². The summed E-state index contributed by atoms with van der Waals surface area (Å²) >= 11 is 0. The largest absolute Gasteiger partial charge is 0.481 e. The van der Waals surface area contributed by atoms with Gasteiger partial charge in [-0.2, -0.15) is 17.7 Å². The van der Waals surface area contributed by atoms with Gasteiger partial charge in [0.2, 0.25) is 11.7 Å². The number of aliphatic hydroxyl groups excluding tert-OH is 1. The molecule has 3 rings (SSSR count). The molecule has 0 aromatic carbocycles. The number of aromatic nitrogens is 4. The molecule has 1 fully saturated rings. The SMILES string of the molecule is CS(=O)(=O)O[C@@]1(O)[C@@H](COP(=O)(O)OP(=O)(O)O)O[C@@H](n2cnc3c(=O)[nH]c(N)nc32)[C@@H]1O. The molecule has 8 N–H and O–H groups in total. The van der Waals surface area contributed by atoms with E-state index in [4.69, 9.17) is 20.3 Å². The number of nitrogens with zero attached hydrogens (tertiary/aromatic N) is 3. The first-order chi connectivity index (χ1) is 14.9. The minimum atomic E-state index is -5.50. The summed E-state index contributed by atoms with van der Waals surface area (Å²) in [7, 11) is -15.5. The third-order valence-electron chi connectivity index (χ3n) is 4.07. The van der Waals surface area contributed by atoms with E-state index in [2.05, 4.69) is 28.0 Å². The molecule has 1 aliphatic heterocycles. The summed E-state index contributed by atoms with van der Waals surface area (Å²) in [6, 6.07) is 0. The molecule has 0 bridgehead atoms. The molecule has 0 saturated carbocycles. The standard InChI is InChI=1S/C11H17N5O14P2S/c1-33(25,26)29-11(19)4(2-27-32(23,24)30-31(20,21)22)28-9(6(11)17)16-3-13-5-7(16)14-10(12)15-8(5)18/h3-4,6,9,17,19H,2H2,1H3,(H,23,24)(H2,20,21,22)(H3,12,14,15,18)/t4-,6+,9-,11+/m1/s1. The third kappa shape index (κ3) is 5.65. The van der Waals surface area contributed by atoms with Crippen LogP contribution in [-0.4, -0.2) is 83.7 Å². The highest BCUT2D eigenvalue weighted by molar-refractivity contribution is 7.86. The second-order valence-electron chi connectivity index (χ2n) is 6.61. The number of ether oxygens (including phenoxy) is 1. The number of aliphatic hydroxyl groups is 2. The Morgan fingerprint density at radius 1 is 1.36 bits per heavy atom. The van der Waals surface area contributed by atoms with Crippen LogP contribution in [0.1, 0.15) is 6.23 Å². The van der Waals surface area contributed by atoms with Gasteiger partial charge in [-0.3, -0.25) is 18.9 Å². The zero-order valence-electron chi connectivity index (χ0n) is 16.1. The van der Waals surface area contributed by atoms with Gasteiger partial charge in [0.15, 0.2) is 23.5 Å². The molecule has 0 spiro atoms. The second-order valence-corrected chi connectivity index (χ2v) is 11.0. The van der Waals surface area contributed by atoms with Gasteiger partial charge in [0.25, 0.3) is 15.7 Å². The number of nitrogen functional groups attached to an aromatic ring is 1. The van der Waals surface area contributed by atoms with E-state index in [1.165, 1.54) is 0 Å². The molecule has 0 aliphatic carbocycles. The topological polar surface area (TPSA) is 296 Å². The maximum Gasteiger partial charge on any atom is 0.481 e. The molecule has 0 amide bonds. The van der Waals surface area contributed by atoms with E-state index < -0.39 is 62.2 Å². The van der Waals surface area contributed by atoms with Gasteiger partial charge in [-0.25, -0.2) is 18.3 Å². The summed E-state index contributed by atoms with van der Waals surface area (Å²) in [4.78, 5) is 48.4. The number of nitrogens with one attached hydrogen (secondary N) is 1. The van der Waals surface area contributed by atoms with Crippen LogP contribution in [0.25, 0.3) is 11.2 Å². The van der Waals surface area contributed by atoms with E-state index in [1.54, 1.807) is 0 Å². The Kier molecular flexibility index (Phi) is 6.61. The number of fused-ring (bicyclic) bond motifs is 1. The van der Waals surface area contributed by atoms with Gasteiger partial charge >= 0.3 is 15.6 Å². The molecule has 5 atom stereocenters. The van der Waals surface area contributed by atoms with Crippen LogP contribution in [0.5, 0.6) is 0 Å². The fraction of sp³-hybridized carbons (Fsp3) is 0.545. The Labute approximate surface area is 182 Å². The molecule has 2 aromatic heterocycles. The van der Waals surface area contributed by atoms with E-state index in [0.717, 1.165) is 10.9 Å². The van der Waals surface area contributed by atoms with E-state index in [0.29, 0.717) is 6.26 Å². The number of rotatable bonds is 8. The van der Waals surface area contributed by atoms with E-state index in [-0.39, 0.29) is 17.1 Å². The molecule has 2 aromatic rings. The smallest absolute Gasteiger partial charge is 0.383 e. The Hall–Kier alpha value is -1.80. The van der Waals surface area contributed by atoms with Gasteiger partial charge < -0.3 is 35.4 Å². The summed E-state index contributed by atoms with van der Waals surface area (Å²) in [5.41, 5.74) is 4.16. The van der Waals surface area contributed by atoms with Crippen molar-refractivity contribution in [3.05, 3.63) is 16.7 Å². The minimum absolute atomic E-state index is 0.263. The molecular formula is C11H17N5O14P2S. The van der Waals surface area contributed by atoms with Gasteiger partial charge in [0.1, 0.15) is 6.10 Å². The number of H-pyrrole nitrogens is 1. The monoisotopic (exact) mass is 537 g/mol. The number of imidazole rings is 1. The van der Waals surface area contributed by atoms with Crippen molar-refractivity contribution in [2.24, 2.45) is 0 Å². The van der Waals surface area contributed by atoms with Crippen LogP contribution in [0.4, 0.5) is 5.95 Å². The van der Waals surface area contributed by atoms with Gasteiger partial charge in [-0.15, -0.1) is 0 Å². The number of hydrogen-bond acceptors (Lipinski definition) is 14. The van der Waals surface area contributed by atoms with E-state index in [1.807, 2.05) is 0 Å². The summed E-state index contributed by atoms with van der Waals surface area (Å²) in [6.45, 7) is -1.28. The maximum absolute atomic E-state index is 12.0. The molecule has 3 heterocycles. The normalized spacial score (nSPS) is 28.2. The molecule has 1 aliphatic rings. The summed E-state index contributed by atoms with van der Waals surface area (Å²) in [6.07, 6.45) is -4.69. The summed E-state index contributed by atoms with van der Waals surface area (Å²) in [5.74, 6) is -3.52. The van der Waals surface area contributed by atoms with Gasteiger partial charge in [-0.05, 0) is 0 Å². The average molecular weight is 537 g/mol. The van der Waals surface area contributed by atoms with Gasteiger partial charge in [0, 0.05) is 0 Å².